The molecule has 1 saturated heterocycles. The van der Waals surface area contributed by atoms with Crippen LogP contribution in [0, 0.1) is 0 Å². The first-order chi connectivity index (χ1) is 9.78. The Morgan fingerprint density at radius 2 is 1.90 bits per heavy atom. The highest BCUT2D eigenvalue weighted by Gasteiger charge is 2.40. The van der Waals surface area contributed by atoms with Crippen molar-refractivity contribution in [2.45, 2.75) is 69.4 Å². The smallest absolute Gasteiger partial charge is 0.234 e. The highest BCUT2D eigenvalue weighted by atomic mass is 16.2. The molecule has 2 aliphatic carbocycles. The van der Waals surface area contributed by atoms with Gasteiger partial charge in [-0.3, -0.25) is 9.69 Å². The molecule has 2 N–H and O–H groups in total. The van der Waals surface area contributed by atoms with E-state index in [0.717, 1.165) is 19.6 Å². The second kappa shape index (κ2) is 6.44. The lowest BCUT2D eigenvalue weighted by molar-refractivity contribution is -0.125. The lowest BCUT2D eigenvalue weighted by Gasteiger charge is -2.49. The van der Waals surface area contributed by atoms with Crippen LogP contribution in [0.3, 0.4) is 0 Å². The molecule has 0 bridgehead atoms. The van der Waals surface area contributed by atoms with Crippen LogP contribution in [0.25, 0.3) is 0 Å². The molecule has 3 fully saturated rings. The Morgan fingerprint density at radius 1 is 1.15 bits per heavy atom. The first kappa shape index (κ1) is 14.3. The Morgan fingerprint density at radius 3 is 2.65 bits per heavy atom. The van der Waals surface area contributed by atoms with E-state index < -0.39 is 0 Å². The standard InChI is InChI=1S/C16H29N3O/c20-15(18-14-6-2-3-7-14)12-19-11-10-17-13-16(19)8-4-1-5-9-16/h14,17H,1-13H2,(H,18,20). The van der Waals surface area contributed by atoms with E-state index in [0.29, 0.717) is 12.6 Å². The molecule has 0 atom stereocenters. The Balaban J connectivity index is 1.57. The van der Waals surface area contributed by atoms with Gasteiger partial charge in [0.15, 0.2) is 0 Å². The minimum absolute atomic E-state index is 0.253. The Bertz CT molecular complexity index is 324. The minimum atomic E-state index is 0.253. The van der Waals surface area contributed by atoms with Gasteiger partial charge in [0.25, 0.3) is 0 Å². The second-order valence-corrected chi connectivity index (χ2v) is 6.93. The summed E-state index contributed by atoms with van der Waals surface area (Å²) in [6.45, 7) is 3.73. The largest absolute Gasteiger partial charge is 0.352 e. The van der Waals surface area contributed by atoms with Crippen LogP contribution in [0.1, 0.15) is 57.8 Å². The maximum Gasteiger partial charge on any atom is 0.234 e. The van der Waals surface area contributed by atoms with Gasteiger partial charge >= 0.3 is 0 Å². The van der Waals surface area contributed by atoms with Crippen molar-refractivity contribution in [3.8, 4) is 0 Å². The van der Waals surface area contributed by atoms with E-state index in [4.69, 9.17) is 0 Å². The van der Waals surface area contributed by atoms with Crippen molar-refractivity contribution in [3.63, 3.8) is 0 Å². The van der Waals surface area contributed by atoms with E-state index in [-0.39, 0.29) is 11.4 Å². The van der Waals surface area contributed by atoms with Crippen LogP contribution in [0.5, 0.6) is 0 Å². The fourth-order valence-electron chi connectivity index (χ4n) is 4.35. The first-order valence-corrected chi connectivity index (χ1v) is 8.54. The van der Waals surface area contributed by atoms with Crippen LogP contribution in [0.15, 0.2) is 0 Å². The summed E-state index contributed by atoms with van der Waals surface area (Å²) in [5.41, 5.74) is 0.267. The summed E-state index contributed by atoms with van der Waals surface area (Å²) in [4.78, 5) is 14.8. The maximum absolute atomic E-state index is 12.3. The molecule has 2 saturated carbocycles. The van der Waals surface area contributed by atoms with E-state index in [1.807, 2.05) is 0 Å². The van der Waals surface area contributed by atoms with Crippen molar-refractivity contribution < 1.29 is 4.79 Å². The number of hydrogen-bond acceptors (Lipinski definition) is 3. The lowest BCUT2D eigenvalue weighted by Crippen LogP contribution is -2.63. The van der Waals surface area contributed by atoms with Crippen molar-refractivity contribution in [1.29, 1.82) is 0 Å². The molecular weight excluding hydrogens is 250 g/mol. The Labute approximate surface area is 122 Å². The lowest BCUT2D eigenvalue weighted by atomic mass is 9.79. The zero-order valence-electron chi connectivity index (χ0n) is 12.6. The van der Waals surface area contributed by atoms with E-state index in [1.165, 1.54) is 57.8 Å². The Kier molecular flexibility index (Phi) is 4.61. The van der Waals surface area contributed by atoms with Crippen LogP contribution in [0.4, 0.5) is 0 Å². The average molecular weight is 279 g/mol. The topological polar surface area (TPSA) is 44.4 Å². The summed E-state index contributed by atoms with van der Waals surface area (Å²) in [7, 11) is 0. The summed E-state index contributed by atoms with van der Waals surface area (Å²) in [5.74, 6) is 0.253. The van der Waals surface area contributed by atoms with Gasteiger partial charge in [-0.25, -0.2) is 0 Å². The molecule has 1 aliphatic heterocycles. The number of carbonyl (C=O) groups excluding carboxylic acids is 1. The maximum atomic E-state index is 12.3. The molecule has 1 spiro atoms. The molecule has 0 aromatic rings. The number of rotatable bonds is 3. The number of amides is 1. The van der Waals surface area contributed by atoms with Gasteiger partial charge in [0.2, 0.25) is 5.91 Å². The molecule has 4 heteroatoms. The third-order valence-corrected chi connectivity index (χ3v) is 5.52. The summed E-state index contributed by atoms with van der Waals surface area (Å²) in [6, 6.07) is 0.452. The SMILES string of the molecule is O=C(CN1CCNCC12CCCCC2)NC1CCCC1. The molecule has 20 heavy (non-hydrogen) atoms. The highest BCUT2D eigenvalue weighted by Crippen LogP contribution is 2.34. The van der Waals surface area contributed by atoms with Crippen LogP contribution >= 0.6 is 0 Å². The van der Waals surface area contributed by atoms with Crippen LogP contribution in [-0.4, -0.2) is 48.6 Å². The van der Waals surface area contributed by atoms with Gasteiger partial charge in [0.1, 0.15) is 0 Å². The van der Waals surface area contributed by atoms with E-state index in [9.17, 15) is 4.79 Å². The zero-order valence-corrected chi connectivity index (χ0v) is 12.6. The third-order valence-electron chi connectivity index (χ3n) is 5.52. The quantitative estimate of drug-likeness (QED) is 0.826. The van der Waals surface area contributed by atoms with Gasteiger partial charge in [-0.1, -0.05) is 32.1 Å². The summed E-state index contributed by atoms with van der Waals surface area (Å²) >= 11 is 0. The number of piperazine rings is 1. The highest BCUT2D eigenvalue weighted by molar-refractivity contribution is 5.78. The van der Waals surface area contributed by atoms with Gasteiger partial charge in [0, 0.05) is 31.2 Å². The van der Waals surface area contributed by atoms with E-state index in [2.05, 4.69) is 15.5 Å². The monoisotopic (exact) mass is 279 g/mol. The zero-order chi connectivity index (χ0) is 13.8. The molecule has 3 rings (SSSR count). The van der Waals surface area contributed by atoms with Gasteiger partial charge in [-0.15, -0.1) is 0 Å². The van der Waals surface area contributed by atoms with E-state index in [1.54, 1.807) is 0 Å². The molecular formula is C16H29N3O. The number of hydrogen-bond donors (Lipinski definition) is 2. The third kappa shape index (κ3) is 3.17. The van der Waals surface area contributed by atoms with Crippen molar-refractivity contribution >= 4 is 5.91 Å². The fourth-order valence-corrected chi connectivity index (χ4v) is 4.35. The van der Waals surface area contributed by atoms with Crippen molar-refractivity contribution in [1.82, 2.24) is 15.5 Å². The van der Waals surface area contributed by atoms with Crippen molar-refractivity contribution in [2.75, 3.05) is 26.2 Å². The first-order valence-electron chi connectivity index (χ1n) is 8.54. The molecule has 114 valence electrons. The normalized spacial score (nSPS) is 27.8. The van der Waals surface area contributed by atoms with Gasteiger partial charge in [0.05, 0.1) is 6.54 Å². The molecule has 1 amide bonds. The molecule has 3 aliphatic rings. The van der Waals surface area contributed by atoms with Gasteiger partial charge in [-0.2, -0.15) is 0 Å². The van der Waals surface area contributed by atoms with E-state index >= 15 is 0 Å². The van der Waals surface area contributed by atoms with Gasteiger partial charge in [-0.05, 0) is 25.7 Å². The van der Waals surface area contributed by atoms with Crippen LogP contribution in [0.2, 0.25) is 0 Å². The van der Waals surface area contributed by atoms with Crippen molar-refractivity contribution in [3.05, 3.63) is 0 Å². The molecule has 4 nitrogen and oxygen atoms in total. The Hall–Kier alpha value is -0.610. The van der Waals surface area contributed by atoms with Crippen LogP contribution in [-0.2, 0) is 4.79 Å². The van der Waals surface area contributed by atoms with Crippen molar-refractivity contribution in [2.24, 2.45) is 0 Å². The number of carbonyl (C=O) groups is 1. The predicted molar refractivity (Wildman–Crippen MR) is 80.7 cm³/mol. The van der Waals surface area contributed by atoms with Gasteiger partial charge < -0.3 is 10.6 Å². The fraction of sp³-hybridized carbons (Fsp3) is 0.938. The second-order valence-electron chi connectivity index (χ2n) is 6.93. The summed E-state index contributed by atoms with van der Waals surface area (Å²) in [5, 5.41) is 6.80. The summed E-state index contributed by atoms with van der Waals surface area (Å²) in [6.07, 6.45) is 11.4. The molecule has 0 aromatic carbocycles. The molecule has 0 unspecified atom stereocenters. The number of nitrogens with zero attached hydrogens (tertiary/aromatic N) is 1. The van der Waals surface area contributed by atoms with Crippen LogP contribution < -0.4 is 10.6 Å². The molecule has 0 aromatic heterocycles. The predicted octanol–water partition coefficient (Wildman–Crippen LogP) is 1.65. The molecule has 0 radical (unpaired) electrons. The average Bonchev–Trinajstić information content (AvgIpc) is 2.95. The minimum Gasteiger partial charge on any atom is -0.352 e. The number of nitrogens with one attached hydrogen (secondary N) is 2. The summed E-state index contributed by atoms with van der Waals surface area (Å²) < 4.78 is 0. The molecule has 1 heterocycles.